The predicted octanol–water partition coefficient (Wildman–Crippen LogP) is 2.62. The fraction of sp³-hybridized carbons (Fsp3) is 0.682. The molecule has 12 nitrogen and oxygen atoms in total. The summed E-state index contributed by atoms with van der Waals surface area (Å²) < 4.78 is 25.6. The van der Waals surface area contributed by atoms with E-state index in [1.165, 1.54) is 13.4 Å². The molecule has 1 fully saturated rings. The van der Waals surface area contributed by atoms with Gasteiger partial charge in [-0.2, -0.15) is 0 Å². The number of nitrogen functional groups attached to an aromatic ring is 1. The van der Waals surface area contributed by atoms with E-state index < -0.39 is 38.8 Å². The minimum atomic E-state index is -2.34. The van der Waals surface area contributed by atoms with Crippen molar-refractivity contribution in [3.63, 3.8) is 0 Å². The van der Waals surface area contributed by atoms with Crippen molar-refractivity contribution in [2.24, 2.45) is 5.92 Å². The van der Waals surface area contributed by atoms with Gasteiger partial charge in [0.1, 0.15) is 24.6 Å². The van der Waals surface area contributed by atoms with Crippen molar-refractivity contribution in [2.45, 2.75) is 70.7 Å². The lowest BCUT2D eigenvalue weighted by Crippen LogP contribution is -2.47. The number of ether oxygens (including phenoxy) is 3. The summed E-state index contributed by atoms with van der Waals surface area (Å²) in [5.41, 5.74) is 6.91. The lowest BCUT2D eigenvalue weighted by molar-refractivity contribution is -0.145. The molecule has 194 valence electrons. The summed E-state index contributed by atoms with van der Waals surface area (Å²) in [6.07, 6.45) is 0.487. The summed E-state index contributed by atoms with van der Waals surface area (Å²) in [4.78, 5) is 37.1. The molecule has 4 atom stereocenters. The first-order chi connectivity index (χ1) is 16.4. The molecule has 1 saturated heterocycles. The summed E-state index contributed by atoms with van der Waals surface area (Å²) in [5, 5.41) is 2.32. The average Bonchev–Trinajstić information content (AvgIpc) is 3.34. The van der Waals surface area contributed by atoms with Crippen LogP contribution in [0.25, 0.3) is 11.2 Å². The summed E-state index contributed by atoms with van der Waals surface area (Å²) in [6, 6.07) is 0. The van der Waals surface area contributed by atoms with Crippen LogP contribution in [0.2, 0.25) is 18.1 Å². The van der Waals surface area contributed by atoms with Gasteiger partial charge >= 0.3 is 12.1 Å². The molecule has 2 aromatic rings. The number of amides is 1. The number of nitrogens with two attached hydrogens (primary N) is 1. The Labute approximate surface area is 206 Å². The lowest BCUT2D eigenvalue weighted by atomic mass is 9.94. The number of alkyl carbamates (subject to hydrolysis) is 1. The number of carbonyl (C=O) groups is 2. The highest BCUT2D eigenvalue weighted by Gasteiger charge is 2.52. The van der Waals surface area contributed by atoms with Gasteiger partial charge in [0.25, 0.3) is 0 Å². The van der Waals surface area contributed by atoms with Crippen LogP contribution in [-0.2, 0) is 23.4 Å². The van der Waals surface area contributed by atoms with E-state index in [0.717, 1.165) is 0 Å². The molecule has 1 aliphatic heterocycles. The van der Waals surface area contributed by atoms with Crippen LogP contribution in [0.5, 0.6) is 0 Å². The SMILES string of the molecule is CCOC(=O)C[C@H]1[C@@H](O[Si](C)(C)C(C)(C)C)[C@H](n2cnc3c(N)ncnc32)O[C@@H]1COC(=O)NC. The maximum atomic E-state index is 12.6. The van der Waals surface area contributed by atoms with E-state index in [0.29, 0.717) is 11.2 Å². The van der Waals surface area contributed by atoms with Gasteiger partial charge in [-0.25, -0.2) is 19.7 Å². The Morgan fingerprint density at radius 2 is 1.94 bits per heavy atom. The van der Waals surface area contributed by atoms with E-state index in [2.05, 4.69) is 54.1 Å². The number of carbonyl (C=O) groups excluding carboxylic acids is 2. The molecular formula is C22H36N6O6Si. The number of nitrogens with one attached hydrogen (secondary N) is 1. The largest absolute Gasteiger partial charge is 0.466 e. The van der Waals surface area contributed by atoms with Crippen LogP contribution in [0.1, 0.15) is 40.3 Å². The maximum absolute atomic E-state index is 12.6. The van der Waals surface area contributed by atoms with E-state index in [-0.39, 0.29) is 36.5 Å². The highest BCUT2D eigenvalue weighted by Crippen LogP contribution is 2.45. The molecule has 0 bridgehead atoms. The minimum Gasteiger partial charge on any atom is -0.466 e. The number of hydrogen-bond donors (Lipinski definition) is 2. The molecular weight excluding hydrogens is 472 g/mol. The first-order valence-corrected chi connectivity index (χ1v) is 14.6. The van der Waals surface area contributed by atoms with Crippen molar-refractivity contribution in [1.29, 1.82) is 0 Å². The van der Waals surface area contributed by atoms with Crippen LogP contribution in [0.3, 0.4) is 0 Å². The molecule has 0 spiro atoms. The molecule has 0 unspecified atom stereocenters. The van der Waals surface area contributed by atoms with Crippen LogP contribution >= 0.6 is 0 Å². The van der Waals surface area contributed by atoms with Crippen LogP contribution in [-0.4, -0.2) is 72.4 Å². The van der Waals surface area contributed by atoms with Crippen LogP contribution in [0.15, 0.2) is 12.7 Å². The van der Waals surface area contributed by atoms with Crippen molar-refractivity contribution in [3.05, 3.63) is 12.7 Å². The Hall–Kier alpha value is -2.77. The normalized spacial score (nSPS) is 22.8. The highest BCUT2D eigenvalue weighted by molar-refractivity contribution is 6.74. The van der Waals surface area contributed by atoms with Gasteiger partial charge < -0.3 is 29.7 Å². The summed E-state index contributed by atoms with van der Waals surface area (Å²) >= 11 is 0. The minimum absolute atomic E-state index is 0.0369. The van der Waals surface area contributed by atoms with Gasteiger partial charge in [0.2, 0.25) is 0 Å². The zero-order chi connectivity index (χ0) is 26.0. The molecule has 13 heteroatoms. The van der Waals surface area contributed by atoms with Gasteiger partial charge in [0, 0.05) is 13.0 Å². The van der Waals surface area contributed by atoms with Crippen LogP contribution < -0.4 is 11.1 Å². The summed E-state index contributed by atoms with van der Waals surface area (Å²) in [6.45, 7) is 12.6. The fourth-order valence-corrected chi connectivity index (χ4v) is 5.10. The van der Waals surface area contributed by atoms with Gasteiger partial charge in [0.15, 0.2) is 26.0 Å². The summed E-state index contributed by atoms with van der Waals surface area (Å²) in [5.74, 6) is -0.580. The Balaban J connectivity index is 2.06. The van der Waals surface area contributed by atoms with Crippen molar-refractivity contribution in [1.82, 2.24) is 24.8 Å². The molecule has 1 amide bonds. The molecule has 1 aliphatic rings. The molecule has 0 aliphatic carbocycles. The summed E-state index contributed by atoms with van der Waals surface area (Å²) in [7, 11) is -0.865. The zero-order valence-electron chi connectivity index (χ0n) is 21.4. The molecule has 3 N–H and O–H groups in total. The number of nitrogens with zero attached hydrogens (tertiary/aromatic N) is 4. The molecule has 2 aromatic heterocycles. The number of imidazole rings is 1. The van der Waals surface area contributed by atoms with Gasteiger partial charge in [-0.15, -0.1) is 0 Å². The van der Waals surface area contributed by atoms with Crippen molar-refractivity contribution in [2.75, 3.05) is 26.0 Å². The average molecular weight is 509 g/mol. The van der Waals surface area contributed by atoms with Crippen LogP contribution in [0.4, 0.5) is 10.6 Å². The monoisotopic (exact) mass is 508 g/mol. The van der Waals surface area contributed by atoms with E-state index in [1.54, 1.807) is 17.8 Å². The first kappa shape index (κ1) is 26.8. The number of rotatable bonds is 8. The number of hydrogen-bond acceptors (Lipinski definition) is 10. The molecule has 3 rings (SSSR count). The standard InChI is InChI=1S/C22H36N6O6Si/c1-8-31-15(29)9-13-14(10-32-21(30)24-5)33-20(17(13)34-35(6,7)22(2,3)4)28-12-27-16-18(23)25-11-26-19(16)28/h11-14,17,20H,8-10H2,1-7H3,(H,24,30)(H2,23,25,26)/t13-,14-,17-,20-/m1/s1. The fourth-order valence-electron chi connectivity index (χ4n) is 3.78. The molecule has 35 heavy (non-hydrogen) atoms. The molecule has 0 saturated carbocycles. The Kier molecular flexibility index (Phi) is 8.02. The quantitative estimate of drug-likeness (QED) is 0.402. The van der Waals surface area contributed by atoms with Crippen molar-refractivity contribution < 1.29 is 28.2 Å². The Morgan fingerprint density at radius 1 is 1.23 bits per heavy atom. The van der Waals surface area contributed by atoms with Gasteiger partial charge in [-0.1, -0.05) is 20.8 Å². The lowest BCUT2D eigenvalue weighted by Gasteiger charge is -2.40. The topological polar surface area (TPSA) is 153 Å². The number of fused-ring (bicyclic) bond motifs is 1. The van der Waals surface area contributed by atoms with Gasteiger partial charge in [0.05, 0.1) is 25.5 Å². The number of esters is 1. The van der Waals surface area contributed by atoms with E-state index in [4.69, 9.17) is 24.4 Å². The van der Waals surface area contributed by atoms with Crippen LogP contribution in [0, 0.1) is 5.92 Å². The molecule has 0 radical (unpaired) electrons. The second-order valence-corrected chi connectivity index (χ2v) is 14.8. The maximum Gasteiger partial charge on any atom is 0.406 e. The molecule has 3 heterocycles. The third kappa shape index (κ3) is 5.73. The van der Waals surface area contributed by atoms with E-state index >= 15 is 0 Å². The number of aromatic nitrogens is 4. The zero-order valence-corrected chi connectivity index (χ0v) is 22.4. The Morgan fingerprint density at radius 3 is 2.57 bits per heavy atom. The van der Waals surface area contributed by atoms with Gasteiger partial charge in [-0.3, -0.25) is 9.36 Å². The number of anilines is 1. The van der Waals surface area contributed by atoms with Crippen molar-refractivity contribution >= 4 is 37.4 Å². The van der Waals surface area contributed by atoms with Gasteiger partial charge in [-0.05, 0) is 25.1 Å². The predicted molar refractivity (Wildman–Crippen MR) is 131 cm³/mol. The Bertz CT molecular complexity index is 1050. The first-order valence-electron chi connectivity index (χ1n) is 11.7. The van der Waals surface area contributed by atoms with E-state index in [9.17, 15) is 9.59 Å². The smallest absolute Gasteiger partial charge is 0.406 e. The van der Waals surface area contributed by atoms with E-state index in [1.807, 2.05) is 0 Å². The third-order valence-corrected chi connectivity index (χ3v) is 11.2. The second kappa shape index (κ2) is 10.5. The molecule has 0 aromatic carbocycles. The van der Waals surface area contributed by atoms with Crippen molar-refractivity contribution in [3.8, 4) is 0 Å². The second-order valence-electron chi connectivity index (χ2n) is 10.0. The third-order valence-electron chi connectivity index (χ3n) is 6.68. The highest BCUT2D eigenvalue weighted by atomic mass is 28.4.